The van der Waals surface area contributed by atoms with Gasteiger partial charge in [0, 0.05) is 31.0 Å². The first-order valence-electron chi connectivity index (χ1n) is 11.8. The Morgan fingerprint density at radius 2 is 1.97 bits per heavy atom. The van der Waals surface area contributed by atoms with Gasteiger partial charge in [-0.05, 0) is 37.0 Å². The summed E-state index contributed by atoms with van der Waals surface area (Å²) in [6, 6.07) is 8.62. The van der Waals surface area contributed by atoms with E-state index in [4.69, 9.17) is 17.3 Å². The fraction of sp³-hybridized carbons (Fsp3) is 0.346. The number of carbonyl (C=O) groups is 3. The van der Waals surface area contributed by atoms with Gasteiger partial charge in [0.15, 0.2) is 5.78 Å². The Morgan fingerprint density at radius 3 is 2.68 bits per heavy atom. The highest BCUT2D eigenvalue weighted by Gasteiger charge is 2.47. The molecule has 1 aliphatic rings. The van der Waals surface area contributed by atoms with Crippen molar-refractivity contribution in [2.45, 2.75) is 43.8 Å². The summed E-state index contributed by atoms with van der Waals surface area (Å²) in [5.74, 6) is -1.85. The van der Waals surface area contributed by atoms with Crippen molar-refractivity contribution in [3.8, 4) is 0 Å². The zero-order valence-electron chi connectivity index (χ0n) is 20.1. The van der Waals surface area contributed by atoms with Gasteiger partial charge in [0.25, 0.3) is 0 Å². The Bertz CT molecular complexity index is 1360. The topological polar surface area (TPSA) is 118 Å². The van der Waals surface area contributed by atoms with Crippen molar-refractivity contribution >= 4 is 46.0 Å². The minimum Gasteiger partial charge on any atom is -0.396 e. The number of halogens is 3. The van der Waals surface area contributed by atoms with E-state index in [1.165, 1.54) is 29.8 Å². The lowest BCUT2D eigenvalue weighted by Gasteiger charge is -2.25. The number of Topliss-reactive ketones (excluding diaryl/α,β-unsaturated/α-hetero) is 1. The van der Waals surface area contributed by atoms with E-state index < -0.39 is 41.3 Å². The molecule has 2 heterocycles. The number of fused-ring (bicyclic) bond motifs is 1. The highest BCUT2D eigenvalue weighted by Crippen LogP contribution is 2.36. The second-order valence-corrected chi connectivity index (χ2v) is 9.89. The number of urea groups is 1. The Labute approximate surface area is 217 Å². The van der Waals surface area contributed by atoms with Crippen LogP contribution in [0.4, 0.5) is 24.1 Å². The van der Waals surface area contributed by atoms with Gasteiger partial charge in [-0.2, -0.15) is 0 Å². The molecule has 3 aromatic rings. The van der Waals surface area contributed by atoms with Crippen molar-refractivity contribution in [1.29, 1.82) is 0 Å². The van der Waals surface area contributed by atoms with Crippen LogP contribution >= 0.6 is 11.6 Å². The molecule has 196 valence electrons. The summed E-state index contributed by atoms with van der Waals surface area (Å²) in [6.45, 7) is 0.671. The van der Waals surface area contributed by atoms with Gasteiger partial charge in [-0.25, -0.2) is 18.4 Å². The number of anilines is 1. The smallest absolute Gasteiger partial charge is 0.323 e. The van der Waals surface area contributed by atoms with E-state index in [-0.39, 0.29) is 48.7 Å². The first kappa shape index (κ1) is 26.6. The number of para-hydroxylation sites is 1. The maximum atomic E-state index is 15.1. The number of hydrogen-bond donors (Lipinski definition) is 3. The first-order valence-corrected chi connectivity index (χ1v) is 12.1. The first-order chi connectivity index (χ1) is 17.5. The molecule has 3 amide bonds. The number of amides is 3. The molecular weight excluding hydrogens is 506 g/mol. The molecule has 37 heavy (non-hydrogen) atoms. The average Bonchev–Trinajstić information content (AvgIpc) is 3.38. The summed E-state index contributed by atoms with van der Waals surface area (Å²) in [6.07, 6.45) is 1.00. The molecule has 1 aromatic heterocycles. The van der Waals surface area contributed by atoms with Crippen LogP contribution in [0.25, 0.3) is 10.9 Å². The van der Waals surface area contributed by atoms with Gasteiger partial charge in [0.2, 0.25) is 0 Å². The van der Waals surface area contributed by atoms with Crippen molar-refractivity contribution in [3.63, 3.8) is 0 Å². The van der Waals surface area contributed by atoms with E-state index >= 15 is 4.39 Å². The van der Waals surface area contributed by atoms with E-state index in [1.54, 1.807) is 30.3 Å². The number of carbonyl (C=O) groups excluding carboxylic acids is 3. The quantitative estimate of drug-likeness (QED) is 0.404. The summed E-state index contributed by atoms with van der Waals surface area (Å²) in [5.41, 5.74) is 4.53. The molecule has 1 aliphatic heterocycles. The van der Waals surface area contributed by atoms with Crippen LogP contribution in [0.15, 0.2) is 48.7 Å². The van der Waals surface area contributed by atoms with Crippen molar-refractivity contribution < 1.29 is 28.3 Å². The van der Waals surface area contributed by atoms with E-state index in [9.17, 15) is 23.9 Å². The molecular formula is C26H27ClF2N4O4. The Kier molecular flexibility index (Phi) is 7.52. The third kappa shape index (κ3) is 5.45. The van der Waals surface area contributed by atoms with Crippen LogP contribution in [0.3, 0.4) is 0 Å². The summed E-state index contributed by atoms with van der Waals surface area (Å²) in [5, 5.41) is 12.6. The van der Waals surface area contributed by atoms with Gasteiger partial charge >= 0.3 is 12.1 Å². The van der Waals surface area contributed by atoms with Crippen LogP contribution in [-0.2, 0) is 4.79 Å². The maximum absolute atomic E-state index is 15.1. The number of aromatic nitrogens is 1. The van der Waals surface area contributed by atoms with Gasteiger partial charge in [0.1, 0.15) is 11.5 Å². The molecule has 4 N–H and O–H groups in total. The summed E-state index contributed by atoms with van der Waals surface area (Å²) in [7, 11) is 0. The zero-order valence-corrected chi connectivity index (χ0v) is 20.8. The molecule has 11 heteroatoms. The monoisotopic (exact) mass is 532 g/mol. The summed E-state index contributed by atoms with van der Waals surface area (Å²) in [4.78, 5) is 39.6. The molecule has 4 rings (SSSR count). The van der Waals surface area contributed by atoms with Crippen LogP contribution in [0.1, 0.15) is 37.7 Å². The maximum Gasteiger partial charge on any atom is 0.323 e. The summed E-state index contributed by atoms with van der Waals surface area (Å²) >= 11 is 5.90. The number of nitrogens with one attached hydrogen (secondary N) is 1. The second kappa shape index (κ2) is 10.5. The highest BCUT2D eigenvalue weighted by molar-refractivity contribution is 6.30. The molecule has 1 saturated heterocycles. The minimum absolute atomic E-state index is 0.0848. The van der Waals surface area contributed by atoms with E-state index in [2.05, 4.69) is 5.32 Å². The lowest BCUT2D eigenvalue weighted by atomic mass is 9.87. The third-order valence-corrected chi connectivity index (χ3v) is 6.96. The molecule has 0 bridgehead atoms. The fourth-order valence-corrected chi connectivity index (χ4v) is 5.11. The number of ketones is 1. The van der Waals surface area contributed by atoms with Crippen LogP contribution < -0.4 is 11.1 Å². The third-order valence-electron chi connectivity index (χ3n) is 6.67. The van der Waals surface area contributed by atoms with Gasteiger partial charge in [-0.15, -0.1) is 0 Å². The Morgan fingerprint density at radius 1 is 1.24 bits per heavy atom. The molecule has 0 aliphatic carbocycles. The number of hydrogen-bond acceptors (Lipinski definition) is 4. The lowest BCUT2D eigenvalue weighted by Crippen LogP contribution is -2.43. The number of likely N-dealkylation sites (tertiary alicyclic amines) is 1. The molecule has 0 radical (unpaired) electrons. The number of aliphatic hydroxyl groups is 1. The Hall–Kier alpha value is -3.50. The molecule has 1 fully saturated rings. The van der Waals surface area contributed by atoms with E-state index in [1.807, 2.05) is 0 Å². The van der Waals surface area contributed by atoms with Crippen LogP contribution in [-0.4, -0.2) is 57.3 Å². The molecule has 2 aromatic carbocycles. The number of aliphatic hydroxyl groups excluding tert-OH is 1. The van der Waals surface area contributed by atoms with Crippen LogP contribution in [0.5, 0.6) is 0 Å². The second-order valence-electron chi connectivity index (χ2n) is 9.48. The number of benzene rings is 2. The number of rotatable bonds is 7. The lowest BCUT2D eigenvalue weighted by molar-refractivity contribution is -0.123. The predicted molar refractivity (Wildman–Crippen MR) is 136 cm³/mol. The molecule has 3 atom stereocenters. The van der Waals surface area contributed by atoms with Crippen LogP contribution in [0.2, 0.25) is 5.02 Å². The molecule has 0 unspecified atom stereocenters. The highest BCUT2D eigenvalue weighted by atomic mass is 35.5. The zero-order chi connectivity index (χ0) is 26.9. The summed E-state index contributed by atoms with van der Waals surface area (Å²) < 4.78 is 30.9. The molecule has 0 saturated carbocycles. The van der Waals surface area contributed by atoms with E-state index in [0.717, 1.165) is 4.90 Å². The predicted octanol–water partition coefficient (Wildman–Crippen LogP) is 4.82. The fourth-order valence-electron chi connectivity index (χ4n) is 4.93. The van der Waals surface area contributed by atoms with Gasteiger partial charge < -0.3 is 21.1 Å². The van der Waals surface area contributed by atoms with Crippen molar-refractivity contribution in [1.82, 2.24) is 9.47 Å². The number of nitrogens with zero attached hydrogens (tertiary/aromatic N) is 2. The SMILES string of the molecule is C[C@@]1(F)C[C@@H](C(=O)C[C@H](CCO)c2cccc(Cl)c2F)N(C(=O)Nc2cn(C(N)=O)c3ccccc23)C1. The van der Waals surface area contributed by atoms with Gasteiger partial charge in [-0.3, -0.25) is 9.36 Å². The number of nitrogens with two attached hydrogens (primary N) is 1. The van der Waals surface area contributed by atoms with Gasteiger partial charge in [-0.1, -0.05) is 41.9 Å². The number of primary amides is 1. The van der Waals surface area contributed by atoms with Crippen LogP contribution in [0, 0.1) is 5.82 Å². The Balaban J connectivity index is 1.59. The molecule has 0 spiro atoms. The normalized spacial score (nSPS) is 20.2. The molecule has 8 nitrogen and oxygen atoms in total. The van der Waals surface area contributed by atoms with Gasteiger partial charge in [0.05, 0.1) is 28.8 Å². The van der Waals surface area contributed by atoms with Crippen molar-refractivity contribution in [3.05, 3.63) is 65.1 Å². The largest absolute Gasteiger partial charge is 0.396 e. The van der Waals surface area contributed by atoms with Crippen molar-refractivity contribution in [2.24, 2.45) is 5.73 Å². The number of alkyl halides is 1. The van der Waals surface area contributed by atoms with E-state index in [0.29, 0.717) is 10.9 Å². The minimum atomic E-state index is -1.83. The average molecular weight is 533 g/mol. The standard InChI is InChI=1S/C26H27ClF2N4O4/c1-26(29)12-21(22(35)11-15(9-10-34)16-6-4-7-18(27)23(16)28)33(14-26)25(37)31-19-13-32(24(30)36)20-8-3-2-5-17(19)20/h2-8,13,15,21,34H,9-12,14H2,1H3,(H2,30,36)(H,31,37)/t15-,21-,26+/m0/s1. The van der Waals surface area contributed by atoms with Crippen molar-refractivity contribution in [2.75, 3.05) is 18.5 Å².